The maximum Gasteiger partial charge on any atom is 0.0991 e. The van der Waals surface area contributed by atoms with Crippen LogP contribution in [-0.2, 0) is 5.41 Å². The maximum absolute atomic E-state index is 9.57. The molecule has 2 heteroatoms. The number of nitriles is 1. The van der Waals surface area contributed by atoms with Gasteiger partial charge in [-0.05, 0) is 125 Å². The predicted octanol–water partition coefficient (Wildman–Crippen LogP) is 12.8. The lowest BCUT2D eigenvalue weighted by molar-refractivity contribution is 0.802. The Balaban J connectivity index is 1.30. The van der Waals surface area contributed by atoms with E-state index in [0.29, 0.717) is 5.56 Å². The summed E-state index contributed by atoms with van der Waals surface area (Å²) in [6.45, 7) is 0. The molecule has 0 saturated heterocycles. The van der Waals surface area contributed by atoms with E-state index in [4.69, 9.17) is 0 Å². The molecule has 0 amide bonds. The van der Waals surface area contributed by atoms with Crippen molar-refractivity contribution in [2.75, 3.05) is 4.90 Å². The van der Waals surface area contributed by atoms with Gasteiger partial charge >= 0.3 is 0 Å². The van der Waals surface area contributed by atoms with E-state index in [2.05, 4.69) is 169 Å². The summed E-state index contributed by atoms with van der Waals surface area (Å²) in [5.41, 5.74) is 14.0. The molecule has 0 atom stereocenters. The number of rotatable bonds is 3. The molecule has 0 radical (unpaired) electrons. The molecule has 0 aromatic heterocycles. The summed E-state index contributed by atoms with van der Waals surface area (Å²) >= 11 is 0. The monoisotopic (exact) mass is 658 g/mol. The van der Waals surface area contributed by atoms with E-state index in [0.717, 1.165) is 17.1 Å². The Morgan fingerprint density at radius 3 is 1.73 bits per heavy atom. The Kier molecular flexibility index (Phi) is 5.98. The fourth-order valence-electron chi connectivity index (χ4n) is 9.46. The van der Waals surface area contributed by atoms with Crippen LogP contribution in [-0.4, -0.2) is 0 Å². The van der Waals surface area contributed by atoms with Crippen LogP contribution in [0, 0.1) is 11.3 Å². The van der Waals surface area contributed by atoms with Gasteiger partial charge in [0.2, 0.25) is 0 Å². The minimum atomic E-state index is -0.488. The SMILES string of the molecule is N#Cc1ccc(N(c2ccccc2)c2ccc3c4c(c5ccccc5c3c2)-c2c(ccc3ccccc23)C42c3ccccc3-c3ccccc32)cc1. The van der Waals surface area contributed by atoms with Crippen molar-refractivity contribution >= 4 is 49.4 Å². The average Bonchev–Trinajstić information content (AvgIpc) is 3.70. The van der Waals surface area contributed by atoms with E-state index >= 15 is 0 Å². The molecule has 0 N–H and O–H groups in total. The topological polar surface area (TPSA) is 27.0 Å². The number of para-hydroxylation sites is 1. The van der Waals surface area contributed by atoms with Crippen molar-refractivity contribution in [3.05, 3.63) is 210 Å². The summed E-state index contributed by atoms with van der Waals surface area (Å²) in [5.74, 6) is 0. The Morgan fingerprint density at radius 2 is 1.00 bits per heavy atom. The molecule has 2 aliphatic rings. The van der Waals surface area contributed by atoms with Crippen LogP contribution in [0.25, 0.3) is 54.6 Å². The lowest BCUT2D eigenvalue weighted by atomic mass is 9.69. The molecule has 0 bridgehead atoms. The lowest BCUT2D eigenvalue weighted by Gasteiger charge is -2.32. The van der Waals surface area contributed by atoms with Crippen LogP contribution in [0.3, 0.4) is 0 Å². The quantitative estimate of drug-likeness (QED) is 0.177. The molecule has 0 saturated carbocycles. The Hall–Kier alpha value is -6.95. The fourth-order valence-corrected chi connectivity index (χ4v) is 9.46. The molecule has 11 rings (SSSR count). The third-order valence-corrected chi connectivity index (χ3v) is 11.4. The van der Waals surface area contributed by atoms with Crippen LogP contribution in [0.2, 0.25) is 0 Å². The summed E-state index contributed by atoms with van der Waals surface area (Å²) in [4.78, 5) is 2.29. The highest BCUT2D eigenvalue weighted by molar-refractivity contribution is 6.23. The normalized spacial score (nSPS) is 13.1. The van der Waals surface area contributed by atoms with Gasteiger partial charge in [-0.25, -0.2) is 0 Å². The molecule has 1 spiro atoms. The largest absolute Gasteiger partial charge is 0.310 e. The molecule has 0 heterocycles. The van der Waals surface area contributed by atoms with Gasteiger partial charge in [-0.1, -0.05) is 133 Å². The Bertz CT molecular complexity index is 2920. The third kappa shape index (κ3) is 3.72. The highest BCUT2D eigenvalue weighted by atomic mass is 15.1. The van der Waals surface area contributed by atoms with Gasteiger partial charge in [0, 0.05) is 17.1 Å². The van der Waals surface area contributed by atoms with E-state index in [1.807, 2.05) is 24.3 Å². The van der Waals surface area contributed by atoms with E-state index in [1.54, 1.807) is 0 Å². The standard InChI is InChI=1S/C50H30N2/c51-31-32-22-25-35(26-23-32)52(34-13-2-1-3-14-34)36-27-28-42-43(30-36)38-16-6-7-19-41(38)48-47-37-15-5-4-12-33(37)24-29-46(47)50(49(42)48)44-20-10-8-17-39(44)40-18-9-11-21-45(40)50/h1-30H. The first-order valence-electron chi connectivity index (χ1n) is 17.8. The zero-order valence-electron chi connectivity index (χ0n) is 28.2. The van der Waals surface area contributed by atoms with E-state index in [1.165, 1.54) is 76.8 Å². The van der Waals surface area contributed by atoms with Crippen molar-refractivity contribution in [3.8, 4) is 28.3 Å². The molecule has 52 heavy (non-hydrogen) atoms. The molecule has 0 unspecified atom stereocenters. The first kappa shape index (κ1) is 28.8. The van der Waals surface area contributed by atoms with Crippen LogP contribution >= 0.6 is 0 Å². The van der Waals surface area contributed by atoms with Crippen LogP contribution in [0.5, 0.6) is 0 Å². The van der Waals surface area contributed by atoms with Gasteiger partial charge in [-0.3, -0.25) is 0 Å². The molecule has 2 aliphatic carbocycles. The lowest BCUT2D eigenvalue weighted by Crippen LogP contribution is -2.26. The summed E-state index contributed by atoms with van der Waals surface area (Å²) in [6, 6.07) is 68.4. The smallest absolute Gasteiger partial charge is 0.0991 e. The van der Waals surface area contributed by atoms with Crippen LogP contribution in [0.1, 0.15) is 27.8 Å². The van der Waals surface area contributed by atoms with Crippen LogP contribution < -0.4 is 4.90 Å². The van der Waals surface area contributed by atoms with Gasteiger partial charge in [-0.2, -0.15) is 5.26 Å². The average molecular weight is 659 g/mol. The summed E-state index contributed by atoms with van der Waals surface area (Å²) in [6.07, 6.45) is 0. The van der Waals surface area contributed by atoms with Gasteiger partial charge in [0.25, 0.3) is 0 Å². The van der Waals surface area contributed by atoms with Crippen molar-refractivity contribution in [1.29, 1.82) is 5.26 Å². The first-order valence-corrected chi connectivity index (χ1v) is 17.8. The van der Waals surface area contributed by atoms with Crippen molar-refractivity contribution in [2.45, 2.75) is 5.41 Å². The number of nitrogens with zero attached hydrogens (tertiary/aromatic N) is 2. The van der Waals surface area contributed by atoms with Crippen molar-refractivity contribution in [2.24, 2.45) is 0 Å². The van der Waals surface area contributed by atoms with Gasteiger partial charge < -0.3 is 4.90 Å². The summed E-state index contributed by atoms with van der Waals surface area (Å²) in [5, 5.41) is 17.1. The summed E-state index contributed by atoms with van der Waals surface area (Å²) < 4.78 is 0. The number of hydrogen-bond donors (Lipinski definition) is 0. The number of fused-ring (bicyclic) bond motifs is 17. The van der Waals surface area contributed by atoms with Gasteiger partial charge in [0.1, 0.15) is 0 Å². The number of anilines is 3. The van der Waals surface area contributed by atoms with Crippen molar-refractivity contribution in [3.63, 3.8) is 0 Å². The second-order valence-corrected chi connectivity index (χ2v) is 13.9. The van der Waals surface area contributed by atoms with Crippen molar-refractivity contribution in [1.82, 2.24) is 0 Å². The van der Waals surface area contributed by atoms with Crippen LogP contribution in [0.15, 0.2) is 182 Å². The molecule has 2 nitrogen and oxygen atoms in total. The first-order chi connectivity index (χ1) is 25.8. The Labute approximate surface area is 302 Å². The minimum Gasteiger partial charge on any atom is -0.310 e. The highest BCUT2D eigenvalue weighted by Gasteiger charge is 2.53. The van der Waals surface area contributed by atoms with Gasteiger partial charge in [0.15, 0.2) is 0 Å². The molecule has 0 aliphatic heterocycles. The molecule has 9 aromatic rings. The molecular weight excluding hydrogens is 629 g/mol. The predicted molar refractivity (Wildman–Crippen MR) is 215 cm³/mol. The molecular formula is C50H30N2. The number of hydrogen-bond acceptors (Lipinski definition) is 2. The Morgan fingerprint density at radius 1 is 0.404 bits per heavy atom. The zero-order chi connectivity index (χ0) is 34.4. The van der Waals surface area contributed by atoms with E-state index < -0.39 is 5.41 Å². The molecule has 240 valence electrons. The molecule has 0 fully saturated rings. The second-order valence-electron chi connectivity index (χ2n) is 13.9. The van der Waals surface area contributed by atoms with E-state index in [9.17, 15) is 5.26 Å². The summed E-state index contributed by atoms with van der Waals surface area (Å²) in [7, 11) is 0. The van der Waals surface area contributed by atoms with E-state index in [-0.39, 0.29) is 0 Å². The van der Waals surface area contributed by atoms with Crippen molar-refractivity contribution < 1.29 is 0 Å². The molecule has 9 aromatic carbocycles. The number of benzene rings is 9. The highest BCUT2D eigenvalue weighted by Crippen LogP contribution is 2.66. The second kappa shape index (κ2) is 10.8. The maximum atomic E-state index is 9.57. The van der Waals surface area contributed by atoms with Crippen LogP contribution in [0.4, 0.5) is 17.1 Å². The zero-order valence-corrected chi connectivity index (χ0v) is 28.2. The third-order valence-electron chi connectivity index (χ3n) is 11.4. The van der Waals surface area contributed by atoms with Gasteiger partial charge in [0.05, 0.1) is 17.0 Å². The fraction of sp³-hybridized carbons (Fsp3) is 0.0200. The van der Waals surface area contributed by atoms with Gasteiger partial charge in [-0.15, -0.1) is 0 Å². The minimum absolute atomic E-state index is 0.488.